The van der Waals surface area contributed by atoms with Crippen molar-refractivity contribution in [1.29, 1.82) is 0 Å². The molecule has 4 nitrogen and oxygen atoms in total. The Bertz CT molecular complexity index is 548. The van der Waals surface area contributed by atoms with Crippen LogP contribution in [0, 0.1) is 0 Å². The maximum absolute atomic E-state index is 10.8. The summed E-state index contributed by atoms with van der Waals surface area (Å²) in [7, 11) is 0. The van der Waals surface area contributed by atoms with Gasteiger partial charge in [0.1, 0.15) is 11.5 Å². The van der Waals surface area contributed by atoms with E-state index in [0.29, 0.717) is 6.54 Å². The molecule has 0 unspecified atom stereocenters. The molecule has 0 radical (unpaired) electrons. The molecular formula is C16H19NO3. The zero-order chi connectivity index (χ0) is 14.4. The predicted molar refractivity (Wildman–Crippen MR) is 77.3 cm³/mol. The number of aliphatic carboxylic acids is 1. The Kier molecular flexibility index (Phi) is 4.96. The highest BCUT2D eigenvalue weighted by Crippen LogP contribution is 2.22. The number of hydrogen-bond acceptors (Lipinski definition) is 3. The van der Waals surface area contributed by atoms with Crippen LogP contribution >= 0.6 is 0 Å². The van der Waals surface area contributed by atoms with Gasteiger partial charge in [0.15, 0.2) is 0 Å². The van der Waals surface area contributed by atoms with E-state index < -0.39 is 5.97 Å². The Morgan fingerprint density at radius 2 is 1.95 bits per heavy atom. The van der Waals surface area contributed by atoms with Gasteiger partial charge in [-0.25, -0.2) is 0 Å². The van der Waals surface area contributed by atoms with E-state index in [0.717, 1.165) is 30.0 Å². The van der Waals surface area contributed by atoms with Gasteiger partial charge < -0.3 is 9.52 Å². The summed E-state index contributed by atoms with van der Waals surface area (Å²) in [5.74, 6) is 0.791. The lowest BCUT2D eigenvalue weighted by Gasteiger charge is -2.17. The third-order valence-electron chi connectivity index (χ3n) is 3.00. The fourth-order valence-corrected chi connectivity index (χ4v) is 2.16. The lowest BCUT2D eigenvalue weighted by Crippen LogP contribution is -2.29. The van der Waals surface area contributed by atoms with Crippen LogP contribution in [0.5, 0.6) is 0 Å². The zero-order valence-corrected chi connectivity index (χ0v) is 11.6. The summed E-state index contributed by atoms with van der Waals surface area (Å²) < 4.78 is 5.79. The molecule has 1 aromatic carbocycles. The van der Waals surface area contributed by atoms with Crippen LogP contribution in [0.2, 0.25) is 0 Å². The van der Waals surface area contributed by atoms with Crippen molar-refractivity contribution in [3.8, 4) is 11.3 Å². The fraction of sp³-hybridized carbons (Fsp3) is 0.312. The van der Waals surface area contributed by atoms with E-state index in [-0.39, 0.29) is 6.54 Å². The van der Waals surface area contributed by atoms with Gasteiger partial charge in [-0.2, -0.15) is 0 Å². The van der Waals surface area contributed by atoms with Crippen molar-refractivity contribution in [2.75, 3.05) is 13.1 Å². The van der Waals surface area contributed by atoms with Gasteiger partial charge in [0.05, 0.1) is 13.1 Å². The zero-order valence-electron chi connectivity index (χ0n) is 11.6. The van der Waals surface area contributed by atoms with Gasteiger partial charge in [-0.1, -0.05) is 37.3 Å². The molecule has 0 saturated carbocycles. The third kappa shape index (κ3) is 3.96. The van der Waals surface area contributed by atoms with Gasteiger partial charge >= 0.3 is 5.97 Å². The minimum Gasteiger partial charge on any atom is -0.480 e. The molecule has 4 heteroatoms. The first-order valence-corrected chi connectivity index (χ1v) is 6.77. The van der Waals surface area contributed by atoms with Gasteiger partial charge in [-0.3, -0.25) is 9.69 Å². The Hall–Kier alpha value is -2.07. The molecule has 1 aromatic heterocycles. The SMILES string of the molecule is CCCN(CC(=O)O)Cc1ccc(-c2ccccc2)o1. The second-order valence-corrected chi connectivity index (χ2v) is 4.74. The summed E-state index contributed by atoms with van der Waals surface area (Å²) in [6.45, 7) is 3.34. The Morgan fingerprint density at radius 3 is 2.60 bits per heavy atom. The molecule has 0 aliphatic heterocycles. The molecule has 0 amide bonds. The minimum atomic E-state index is -0.812. The first kappa shape index (κ1) is 14.3. The molecule has 2 rings (SSSR count). The van der Waals surface area contributed by atoms with Gasteiger partial charge in [-0.15, -0.1) is 0 Å². The van der Waals surface area contributed by atoms with E-state index in [4.69, 9.17) is 9.52 Å². The highest BCUT2D eigenvalue weighted by atomic mass is 16.4. The summed E-state index contributed by atoms with van der Waals surface area (Å²) in [5, 5.41) is 8.90. The Labute approximate surface area is 118 Å². The summed E-state index contributed by atoms with van der Waals surface area (Å²) in [6.07, 6.45) is 0.916. The van der Waals surface area contributed by atoms with Crippen LogP contribution in [-0.2, 0) is 11.3 Å². The molecule has 2 aromatic rings. The van der Waals surface area contributed by atoms with Crippen molar-refractivity contribution in [2.45, 2.75) is 19.9 Å². The Balaban J connectivity index is 2.06. The molecule has 106 valence electrons. The van der Waals surface area contributed by atoms with Gasteiger partial charge in [0, 0.05) is 5.56 Å². The maximum atomic E-state index is 10.8. The number of carboxylic acid groups (broad SMARTS) is 1. The minimum absolute atomic E-state index is 0.0369. The van der Waals surface area contributed by atoms with Crippen LogP contribution in [0.3, 0.4) is 0 Å². The number of carboxylic acids is 1. The van der Waals surface area contributed by atoms with Gasteiger partial charge in [0.25, 0.3) is 0 Å². The number of carbonyl (C=O) groups is 1. The topological polar surface area (TPSA) is 53.7 Å². The quantitative estimate of drug-likeness (QED) is 0.841. The van der Waals surface area contributed by atoms with E-state index in [1.807, 2.05) is 54.3 Å². The lowest BCUT2D eigenvalue weighted by atomic mass is 10.2. The first-order valence-electron chi connectivity index (χ1n) is 6.77. The van der Waals surface area contributed by atoms with E-state index >= 15 is 0 Å². The second kappa shape index (κ2) is 6.91. The number of benzene rings is 1. The number of hydrogen-bond donors (Lipinski definition) is 1. The van der Waals surface area contributed by atoms with Crippen molar-refractivity contribution in [3.63, 3.8) is 0 Å². The molecule has 0 spiro atoms. The van der Waals surface area contributed by atoms with E-state index in [2.05, 4.69) is 0 Å². The molecule has 1 N–H and O–H groups in total. The van der Waals surface area contributed by atoms with E-state index in [9.17, 15) is 4.79 Å². The smallest absolute Gasteiger partial charge is 0.317 e. The van der Waals surface area contributed by atoms with Crippen molar-refractivity contribution in [1.82, 2.24) is 4.90 Å². The fourth-order valence-electron chi connectivity index (χ4n) is 2.16. The summed E-state index contributed by atoms with van der Waals surface area (Å²) in [6, 6.07) is 13.7. The van der Waals surface area contributed by atoms with Crippen molar-refractivity contribution >= 4 is 5.97 Å². The van der Waals surface area contributed by atoms with Gasteiger partial charge in [-0.05, 0) is 25.1 Å². The van der Waals surface area contributed by atoms with Crippen LogP contribution in [0.1, 0.15) is 19.1 Å². The molecule has 0 fully saturated rings. The van der Waals surface area contributed by atoms with Crippen molar-refractivity contribution in [2.24, 2.45) is 0 Å². The van der Waals surface area contributed by atoms with Gasteiger partial charge in [0.2, 0.25) is 0 Å². The number of rotatable bonds is 7. The average Bonchev–Trinajstić information content (AvgIpc) is 2.88. The summed E-state index contributed by atoms with van der Waals surface area (Å²) in [4.78, 5) is 12.7. The van der Waals surface area contributed by atoms with E-state index in [1.54, 1.807) is 0 Å². The third-order valence-corrected chi connectivity index (χ3v) is 3.00. The predicted octanol–water partition coefficient (Wildman–Crippen LogP) is 3.24. The molecule has 0 bridgehead atoms. The highest BCUT2D eigenvalue weighted by Gasteiger charge is 2.12. The number of furan rings is 1. The van der Waals surface area contributed by atoms with Crippen LogP contribution in [-0.4, -0.2) is 29.1 Å². The van der Waals surface area contributed by atoms with E-state index in [1.165, 1.54) is 0 Å². The van der Waals surface area contributed by atoms with Crippen molar-refractivity contribution < 1.29 is 14.3 Å². The second-order valence-electron chi connectivity index (χ2n) is 4.74. The molecule has 0 atom stereocenters. The summed E-state index contributed by atoms with van der Waals surface area (Å²) >= 11 is 0. The largest absolute Gasteiger partial charge is 0.480 e. The Morgan fingerprint density at radius 1 is 1.20 bits per heavy atom. The lowest BCUT2D eigenvalue weighted by molar-refractivity contribution is -0.138. The molecule has 1 heterocycles. The molecule has 0 saturated heterocycles. The summed E-state index contributed by atoms with van der Waals surface area (Å²) in [5.41, 5.74) is 1.03. The molecule has 0 aliphatic rings. The normalized spacial score (nSPS) is 10.9. The maximum Gasteiger partial charge on any atom is 0.317 e. The first-order chi connectivity index (χ1) is 9.69. The van der Waals surface area contributed by atoms with Crippen molar-refractivity contribution in [3.05, 3.63) is 48.2 Å². The molecule has 0 aliphatic carbocycles. The van der Waals surface area contributed by atoms with Crippen LogP contribution in [0.4, 0.5) is 0 Å². The standard InChI is InChI=1S/C16H19NO3/c1-2-10-17(12-16(18)19)11-14-8-9-15(20-14)13-6-4-3-5-7-13/h3-9H,2,10-12H2,1H3,(H,18,19). The highest BCUT2D eigenvalue weighted by molar-refractivity contribution is 5.69. The monoisotopic (exact) mass is 273 g/mol. The van der Waals surface area contributed by atoms with Crippen LogP contribution in [0.15, 0.2) is 46.9 Å². The average molecular weight is 273 g/mol. The molecule has 20 heavy (non-hydrogen) atoms. The van der Waals surface area contributed by atoms with Crippen LogP contribution < -0.4 is 0 Å². The van der Waals surface area contributed by atoms with Crippen LogP contribution in [0.25, 0.3) is 11.3 Å². The number of nitrogens with zero attached hydrogens (tertiary/aromatic N) is 1. The molecular weight excluding hydrogens is 254 g/mol.